The third-order valence-corrected chi connectivity index (χ3v) is 3.90. The standard InChI is InChI=1S/C16H24N2O4S/c1-11-5-6-13(22-3)12(9-11)18-15(20)14(19)17-10-16(2,21)7-8-23-4/h5-6,9,21H,7-8,10H2,1-4H3,(H,17,19)(H,18,20)/t16-/m0/s1. The predicted molar refractivity (Wildman–Crippen MR) is 93.0 cm³/mol. The van der Waals surface area contributed by atoms with Gasteiger partial charge in [0.05, 0.1) is 18.4 Å². The molecule has 128 valence electrons. The molecule has 0 fully saturated rings. The van der Waals surface area contributed by atoms with Crippen molar-refractivity contribution in [1.29, 1.82) is 0 Å². The molecule has 0 saturated carbocycles. The van der Waals surface area contributed by atoms with E-state index in [1.54, 1.807) is 30.8 Å². The zero-order valence-electron chi connectivity index (χ0n) is 13.9. The summed E-state index contributed by atoms with van der Waals surface area (Å²) in [4.78, 5) is 23.8. The maximum atomic E-state index is 12.0. The minimum Gasteiger partial charge on any atom is -0.495 e. The van der Waals surface area contributed by atoms with Gasteiger partial charge >= 0.3 is 11.8 Å². The van der Waals surface area contributed by atoms with Crippen molar-refractivity contribution in [1.82, 2.24) is 5.32 Å². The number of amides is 2. The number of nitrogens with one attached hydrogen (secondary N) is 2. The van der Waals surface area contributed by atoms with E-state index in [1.807, 2.05) is 19.2 Å². The molecule has 0 radical (unpaired) electrons. The number of thioether (sulfide) groups is 1. The molecule has 0 unspecified atom stereocenters. The number of benzene rings is 1. The Labute approximate surface area is 141 Å². The quantitative estimate of drug-likeness (QED) is 0.656. The summed E-state index contributed by atoms with van der Waals surface area (Å²) in [6.07, 6.45) is 2.47. The van der Waals surface area contributed by atoms with Crippen molar-refractivity contribution in [2.75, 3.05) is 31.0 Å². The van der Waals surface area contributed by atoms with E-state index < -0.39 is 17.4 Å². The lowest BCUT2D eigenvalue weighted by Gasteiger charge is -2.23. The summed E-state index contributed by atoms with van der Waals surface area (Å²) in [5.74, 6) is -0.341. The van der Waals surface area contributed by atoms with Gasteiger partial charge in [-0.25, -0.2) is 0 Å². The first kappa shape index (κ1) is 19.3. The van der Waals surface area contributed by atoms with E-state index in [9.17, 15) is 14.7 Å². The molecule has 23 heavy (non-hydrogen) atoms. The molecule has 0 heterocycles. The highest BCUT2D eigenvalue weighted by Crippen LogP contribution is 2.25. The molecule has 2 amide bonds. The lowest BCUT2D eigenvalue weighted by Crippen LogP contribution is -2.44. The first-order chi connectivity index (χ1) is 10.8. The van der Waals surface area contributed by atoms with Gasteiger partial charge in [0, 0.05) is 6.54 Å². The number of hydrogen-bond acceptors (Lipinski definition) is 5. The van der Waals surface area contributed by atoms with Gasteiger partial charge in [-0.15, -0.1) is 0 Å². The zero-order chi connectivity index (χ0) is 17.5. The molecule has 0 bridgehead atoms. The van der Waals surface area contributed by atoms with Gasteiger partial charge in [-0.1, -0.05) is 6.07 Å². The molecule has 0 saturated heterocycles. The summed E-state index contributed by atoms with van der Waals surface area (Å²) in [7, 11) is 1.49. The Morgan fingerprint density at radius 1 is 1.35 bits per heavy atom. The predicted octanol–water partition coefficient (Wildman–Crippen LogP) is 1.56. The molecular formula is C16H24N2O4S. The molecule has 1 aromatic carbocycles. The normalized spacial score (nSPS) is 13.1. The maximum absolute atomic E-state index is 12.0. The fraction of sp³-hybridized carbons (Fsp3) is 0.500. The number of hydrogen-bond donors (Lipinski definition) is 3. The van der Waals surface area contributed by atoms with Crippen molar-refractivity contribution in [3.8, 4) is 5.75 Å². The first-order valence-corrected chi connectivity index (χ1v) is 8.63. The fourth-order valence-electron chi connectivity index (χ4n) is 1.86. The number of aryl methyl sites for hydroxylation is 1. The Kier molecular flexibility index (Phi) is 7.38. The van der Waals surface area contributed by atoms with Crippen LogP contribution in [0.15, 0.2) is 18.2 Å². The average Bonchev–Trinajstić information content (AvgIpc) is 2.51. The van der Waals surface area contributed by atoms with E-state index in [2.05, 4.69) is 10.6 Å². The summed E-state index contributed by atoms with van der Waals surface area (Å²) >= 11 is 1.61. The lowest BCUT2D eigenvalue weighted by atomic mass is 10.0. The van der Waals surface area contributed by atoms with Crippen molar-refractivity contribution in [2.45, 2.75) is 25.9 Å². The van der Waals surface area contributed by atoms with Crippen LogP contribution in [-0.2, 0) is 9.59 Å². The third kappa shape index (κ3) is 6.50. The van der Waals surface area contributed by atoms with Gasteiger partial charge in [0.15, 0.2) is 0 Å². The molecule has 0 spiro atoms. The van der Waals surface area contributed by atoms with Crippen LogP contribution >= 0.6 is 11.8 Å². The van der Waals surface area contributed by atoms with E-state index in [0.29, 0.717) is 17.9 Å². The molecular weight excluding hydrogens is 316 g/mol. The van der Waals surface area contributed by atoms with Crippen LogP contribution in [0.3, 0.4) is 0 Å². The van der Waals surface area contributed by atoms with Crippen LogP contribution in [0.25, 0.3) is 0 Å². The second-order valence-electron chi connectivity index (χ2n) is 5.58. The van der Waals surface area contributed by atoms with Crippen LogP contribution < -0.4 is 15.4 Å². The van der Waals surface area contributed by atoms with Gasteiger partial charge < -0.3 is 20.5 Å². The van der Waals surface area contributed by atoms with Gasteiger partial charge in [0.2, 0.25) is 0 Å². The Bertz CT molecular complexity index is 561. The zero-order valence-corrected chi connectivity index (χ0v) is 14.8. The van der Waals surface area contributed by atoms with Crippen molar-refractivity contribution in [3.63, 3.8) is 0 Å². The third-order valence-electron chi connectivity index (χ3n) is 3.28. The van der Waals surface area contributed by atoms with E-state index in [0.717, 1.165) is 11.3 Å². The Balaban J connectivity index is 2.61. The highest BCUT2D eigenvalue weighted by atomic mass is 32.2. The number of aliphatic hydroxyl groups is 1. The topological polar surface area (TPSA) is 87.7 Å². The van der Waals surface area contributed by atoms with E-state index >= 15 is 0 Å². The molecule has 1 atom stereocenters. The molecule has 0 aliphatic rings. The molecule has 0 aliphatic carbocycles. The fourth-order valence-corrected chi connectivity index (χ4v) is 2.50. The lowest BCUT2D eigenvalue weighted by molar-refractivity contribution is -0.136. The summed E-state index contributed by atoms with van der Waals surface area (Å²) in [5.41, 5.74) is 0.322. The molecule has 0 aliphatic heterocycles. The first-order valence-electron chi connectivity index (χ1n) is 7.24. The molecule has 0 aromatic heterocycles. The molecule has 1 aromatic rings. The Hall–Kier alpha value is -1.73. The number of ether oxygens (including phenoxy) is 1. The van der Waals surface area contributed by atoms with E-state index in [1.165, 1.54) is 7.11 Å². The van der Waals surface area contributed by atoms with E-state index in [4.69, 9.17) is 4.74 Å². The van der Waals surface area contributed by atoms with Crippen LogP contribution in [0.2, 0.25) is 0 Å². The second kappa shape index (κ2) is 8.79. The van der Waals surface area contributed by atoms with Crippen molar-refractivity contribution < 1.29 is 19.4 Å². The number of carbonyl (C=O) groups is 2. The monoisotopic (exact) mass is 340 g/mol. The van der Waals surface area contributed by atoms with Crippen LogP contribution in [0.5, 0.6) is 5.75 Å². The second-order valence-corrected chi connectivity index (χ2v) is 6.57. The summed E-state index contributed by atoms with van der Waals surface area (Å²) in [5, 5.41) is 15.1. The van der Waals surface area contributed by atoms with Crippen LogP contribution in [0.4, 0.5) is 5.69 Å². The Morgan fingerprint density at radius 3 is 2.65 bits per heavy atom. The maximum Gasteiger partial charge on any atom is 0.313 e. The minimum absolute atomic E-state index is 0.0186. The van der Waals surface area contributed by atoms with Gasteiger partial charge in [0.1, 0.15) is 5.75 Å². The summed E-state index contributed by atoms with van der Waals surface area (Å²) in [6, 6.07) is 5.28. The summed E-state index contributed by atoms with van der Waals surface area (Å²) in [6.45, 7) is 3.52. The van der Waals surface area contributed by atoms with Crippen molar-refractivity contribution in [3.05, 3.63) is 23.8 Å². The number of carbonyl (C=O) groups excluding carboxylic acids is 2. The van der Waals surface area contributed by atoms with Crippen LogP contribution in [0, 0.1) is 6.92 Å². The van der Waals surface area contributed by atoms with Gasteiger partial charge in [0.25, 0.3) is 0 Å². The van der Waals surface area contributed by atoms with Crippen molar-refractivity contribution >= 4 is 29.3 Å². The van der Waals surface area contributed by atoms with E-state index in [-0.39, 0.29) is 6.54 Å². The highest BCUT2D eigenvalue weighted by molar-refractivity contribution is 7.98. The molecule has 1 rings (SSSR count). The molecule has 7 heteroatoms. The van der Waals surface area contributed by atoms with Crippen LogP contribution in [-0.4, -0.2) is 48.2 Å². The highest BCUT2D eigenvalue weighted by Gasteiger charge is 2.23. The Morgan fingerprint density at radius 2 is 2.04 bits per heavy atom. The molecule has 6 nitrogen and oxygen atoms in total. The number of methoxy groups -OCH3 is 1. The number of rotatable bonds is 7. The average molecular weight is 340 g/mol. The van der Waals surface area contributed by atoms with Crippen LogP contribution in [0.1, 0.15) is 18.9 Å². The van der Waals surface area contributed by atoms with Crippen molar-refractivity contribution in [2.24, 2.45) is 0 Å². The molecule has 3 N–H and O–H groups in total. The van der Waals surface area contributed by atoms with Gasteiger partial charge in [-0.3, -0.25) is 9.59 Å². The smallest absolute Gasteiger partial charge is 0.313 e. The van der Waals surface area contributed by atoms with Gasteiger partial charge in [-0.2, -0.15) is 11.8 Å². The summed E-state index contributed by atoms with van der Waals surface area (Å²) < 4.78 is 5.15. The minimum atomic E-state index is -1.04. The largest absolute Gasteiger partial charge is 0.495 e. The number of anilines is 1. The SMILES string of the molecule is COc1ccc(C)cc1NC(=O)C(=O)NC[C@@](C)(O)CCSC. The van der Waals surface area contributed by atoms with Gasteiger partial charge in [-0.05, 0) is 50.0 Å².